The normalized spacial score (nSPS) is 32.6. The number of unbranched alkanes of at least 4 members (excludes halogenated alkanes) is 1. The molecule has 0 bridgehead atoms. The van der Waals surface area contributed by atoms with Crippen LogP contribution in [0.4, 0.5) is 0 Å². The highest BCUT2D eigenvalue weighted by molar-refractivity contribution is 5.05. The van der Waals surface area contributed by atoms with E-state index >= 15 is 0 Å². The minimum atomic E-state index is 0.379. The fourth-order valence-electron chi connectivity index (χ4n) is 4.27. The summed E-state index contributed by atoms with van der Waals surface area (Å²) in [6, 6.07) is 1.53. The topological polar surface area (TPSA) is 15.3 Å². The Morgan fingerprint density at radius 1 is 1.14 bits per heavy atom. The molecule has 2 aliphatic rings. The summed E-state index contributed by atoms with van der Waals surface area (Å²) in [5, 5.41) is 3.93. The Hall–Kier alpha value is -0.0800. The highest BCUT2D eigenvalue weighted by Gasteiger charge is 2.47. The third kappa shape index (κ3) is 4.22. The van der Waals surface area contributed by atoms with E-state index in [1.54, 1.807) is 0 Å². The molecule has 0 aromatic heterocycles. The van der Waals surface area contributed by atoms with Gasteiger partial charge in [0.05, 0.1) is 0 Å². The van der Waals surface area contributed by atoms with E-state index in [2.05, 4.69) is 44.8 Å². The number of hydrogen-bond acceptors (Lipinski definition) is 2. The van der Waals surface area contributed by atoms with Gasteiger partial charge >= 0.3 is 0 Å². The monoisotopic (exact) mass is 294 g/mol. The first-order valence-electron chi connectivity index (χ1n) is 9.52. The molecule has 3 atom stereocenters. The molecular formula is C19H38N2. The molecule has 1 aliphatic heterocycles. The van der Waals surface area contributed by atoms with Crippen molar-refractivity contribution in [3.8, 4) is 0 Å². The summed E-state index contributed by atoms with van der Waals surface area (Å²) < 4.78 is 0. The summed E-state index contributed by atoms with van der Waals surface area (Å²) in [5.41, 5.74) is 0.379. The highest BCUT2D eigenvalue weighted by atomic mass is 15.3. The lowest BCUT2D eigenvalue weighted by Crippen LogP contribution is -2.67. The van der Waals surface area contributed by atoms with Crippen LogP contribution in [-0.2, 0) is 0 Å². The van der Waals surface area contributed by atoms with Crippen LogP contribution in [0.5, 0.6) is 0 Å². The van der Waals surface area contributed by atoms with Crippen molar-refractivity contribution in [2.24, 2.45) is 11.8 Å². The molecule has 2 heteroatoms. The van der Waals surface area contributed by atoms with E-state index < -0.39 is 0 Å². The Bertz CT molecular complexity index is 311. The van der Waals surface area contributed by atoms with E-state index in [-0.39, 0.29) is 0 Å². The van der Waals surface area contributed by atoms with Gasteiger partial charge in [-0.1, -0.05) is 47.0 Å². The van der Waals surface area contributed by atoms with Crippen LogP contribution in [0, 0.1) is 11.8 Å². The Labute approximate surface area is 133 Å². The number of rotatable bonds is 8. The quantitative estimate of drug-likeness (QED) is 0.712. The van der Waals surface area contributed by atoms with Crippen molar-refractivity contribution in [3.05, 3.63) is 0 Å². The third-order valence-corrected chi connectivity index (χ3v) is 5.88. The van der Waals surface area contributed by atoms with Crippen molar-refractivity contribution in [2.45, 2.75) is 97.2 Å². The lowest BCUT2D eigenvalue weighted by molar-refractivity contribution is 0.0115. The van der Waals surface area contributed by atoms with E-state index in [4.69, 9.17) is 0 Å². The lowest BCUT2D eigenvalue weighted by Gasteiger charge is -2.51. The van der Waals surface area contributed by atoms with Gasteiger partial charge in [-0.15, -0.1) is 0 Å². The molecule has 0 amide bonds. The Kier molecular flexibility index (Phi) is 6.14. The van der Waals surface area contributed by atoms with Crippen LogP contribution in [0.15, 0.2) is 0 Å². The summed E-state index contributed by atoms with van der Waals surface area (Å²) in [7, 11) is 0. The average Bonchev–Trinajstić information content (AvgIpc) is 3.28. The zero-order chi connectivity index (χ0) is 15.5. The number of nitrogens with one attached hydrogen (secondary N) is 1. The number of nitrogens with zero attached hydrogens (tertiary/aromatic N) is 1. The van der Waals surface area contributed by atoms with Crippen LogP contribution < -0.4 is 5.32 Å². The standard InChI is InChI=1S/C19H38N2/c1-6-8-10-17(9-7-2)21-14-19(5,16-11-12-16)20-13-18(21)15(3)4/h15-18,20H,6-14H2,1-5H3. The van der Waals surface area contributed by atoms with Gasteiger partial charge in [-0.25, -0.2) is 0 Å². The molecule has 3 unspecified atom stereocenters. The van der Waals surface area contributed by atoms with Gasteiger partial charge in [-0.05, 0) is 44.4 Å². The first-order valence-corrected chi connectivity index (χ1v) is 9.52. The first-order chi connectivity index (χ1) is 10.0. The largest absolute Gasteiger partial charge is 0.308 e. The maximum atomic E-state index is 3.93. The van der Waals surface area contributed by atoms with Gasteiger partial charge in [-0.2, -0.15) is 0 Å². The summed E-state index contributed by atoms with van der Waals surface area (Å²) in [6.07, 6.45) is 9.70. The molecule has 124 valence electrons. The van der Waals surface area contributed by atoms with Crippen LogP contribution >= 0.6 is 0 Å². The minimum Gasteiger partial charge on any atom is -0.308 e. The molecule has 2 fully saturated rings. The number of piperazine rings is 1. The molecule has 1 saturated heterocycles. The van der Waals surface area contributed by atoms with E-state index in [0.29, 0.717) is 5.54 Å². The smallest absolute Gasteiger partial charge is 0.0309 e. The second-order valence-electron chi connectivity index (χ2n) is 8.14. The van der Waals surface area contributed by atoms with Gasteiger partial charge in [0, 0.05) is 30.7 Å². The van der Waals surface area contributed by atoms with Crippen molar-refractivity contribution in [2.75, 3.05) is 13.1 Å². The molecule has 2 nitrogen and oxygen atoms in total. The van der Waals surface area contributed by atoms with Crippen molar-refractivity contribution in [1.82, 2.24) is 10.2 Å². The van der Waals surface area contributed by atoms with E-state index in [1.165, 1.54) is 58.0 Å². The van der Waals surface area contributed by atoms with E-state index in [0.717, 1.165) is 23.9 Å². The summed E-state index contributed by atoms with van der Waals surface area (Å²) in [5.74, 6) is 1.68. The molecule has 2 rings (SSSR count). The second kappa shape index (κ2) is 7.46. The molecule has 0 aromatic carbocycles. The molecule has 1 saturated carbocycles. The summed E-state index contributed by atoms with van der Waals surface area (Å²) in [4.78, 5) is 2.92. The molecule has 1 heterocycles. The van der Waals surface area contributed by atoms with E-state index in [1.807, 2.05) is 0 Å². The van der Waals surface area contributed by atoms with Gasteiger partial charge in [0.2, 0.25) is 0 Å². The van der Waals surface area contributed by atoms with Crippen LogP contribution in [0.3, 0.4) is 0 Å². The molecular weight excluding hydrogens is 256 g/mol. The zero-order valence-electron chi connectivity index (χ0n) is 15.1. The fourth-order valence-corrected chi connectivity index (χ4v) is 4.27. The second-order valence-corrected chi connectivity index (χ2v) is 8.14. The average molecular weight is 295 g/mol. The maximum absolute atomic E-state index is 3.93. The van der Waals surface area contributed by atoms with Crippen LogP contribution in [0.2, 0.25) is 0 Å². The first kappa shape index (κ1) is 17.3. The summed E-state index contributed by atoms with van der Waals surface area (Å²) in [6.45, 7) is 14.4. The molecule has 0 aromatic rings. The maximum Gasteiger partial charge on any atom is 0.0309 e. The summed E-state index contributed by atoms with van der Waals surface area (Å²) >= 11 is 0. The third-order valence-electron chi connectivity index (χ3n) is 5.88. The van der Waals surface area contributed by atoms with Crippen molar-refractivity contribution in [1.29, 1.82) is 0 Å². The van der Waals surface area contributed by atoms with Gasteiger partial charge in [-0.3, -0.25) is 4.90 Å². The SMILES string of the molecule is CCCCC(CCC)N1CC(C)(C2CC2)NCC1C(C)C. The Morgan fingerprint density at radius 3 is 2.38 bits per heavy atom. The van der Waals surface area contributed by atoms with Crippen molar-refractivity contribution < 1.29 is 0 Å². The Morgan fingerprint density at radius 2 is 1.86 bits per heavy atom. The van der Waals surface area contributed by atoms with Crippen molar-refractivity contribution >= 4 is 0 Å². The predicted octanol–water partition coefficient (Wildman–Crippen LogP) is 4.44. The van der Waals surface area contributed by atoms with Crippen LogP contribution in [0.25, 0.3) is 0 Å². The zero-order valence-corrected chi connectivity index (χ0v) is 15.1. The van der Waals surface area contributed by atoms with E-state index in [9.17, 15) is 0 Å². The molecule has 0 radical (unpaired) electrons. The molecule has 1 aliphatic carbocycles. The minimum absolute atomic E-state index is 0.379. The van der Waals surface area contributed by atoms with Crippen LogP contribution in [-0.4, -0.2) is 35.6 Å². The highest BCUT2D eigenvalue weighted by Crippen LogP contribution is 2.42. The van der Waals surface area contributed by atoms with Crippen LogP contribution in [0.1, 0.15) is 79.6 Å². The predicted molar refractivity (Wildman–Crippen MR) is 92.7 cm³/mol. The molecule has 0 spiro atoms. The van der Waals surface area contributed by atoms with Gasteiger partial charge in [0.15, 0.2) is 0 Å². The Balaban J connectivity index is 2.10. The molecule has 21 heavy (non-hydrogen) atoms. The van der Waals surface area contributed by atoms with Gasteiger partial charge < -0.3 is 5.32 Å². The molecule has 1 N–H and O–H groups in total. The van der Waals surface area contributed by atoms with Gasteiger partial charge in [0.1, 0.15) is 0 Å². The lowest BCUT2D eigenvalue weighted by atomic mass is 9.85. The van der Waals surface area contributed by atoms with Gasteiger partial charge in [0.25, 0.3) is 0 Å². The number of hydrogen-bond donors (Lipinski definition) is 1. The fraction of sp³-hybridized carbons (Fsp3) is 1.00. The van der Waals surface area contributed by atoms with Crippen molar-refractivity contribution in [3.63, 3.8) is 0 Å².